The van der Waals surface area contributed by atoms with Gasteiger partial charge in [0.25, 0.3) is 0 Å². The molecule has 1 saturated carbocycles. The highest BCUT2D eigenvalue weighted by molar-refractivity contribution is 14.2. The predicted octanol–water partition coefficient (Wildman–Crippen LogP) is 2.87. The molecule has 2 N–H and O–H groups in total. The molecule has 0 spiro atoms. The van der Waals surface area contributed by atoms with Crippen molar-refractivity contribution in [2.75, 3.05) is 24.3 Å². The smallest absolute Gasteiger partial charge is 0.156 e. The molecule has 0 aromatic carbocycles. The molecule has 1 aliphatic carbocycles. The summed E-state index contributed by atoms with van der Waals surface area (Å²) in [5.74, 6) is 1.97. The van der Waals surface area contributed by atoms with E-state index >= 15 is 0 Å². The van der Waals surface area contributed by atoms with Crippen molar-refractivity contribution in [3.63, 3.8) is 0 Å². The Balaban J connectivity index is 1.60. The van der Waals surface area contributed by atoms with Gasteiger partial charge >= 0.3 is 0 Å². The summed E-state index contributed by atoms with van der Waals surface area (Å²) < 4.78 is 5.53. The molecule has 1 aliphatic rings. The molecule has 2 aromatic heterocycles. The number of rotatable bonds is 8. The monoisotopic (exact) mass is 465 g/mol. The maximum Gasteiger partial charge on any atom is 0.156 e. The number of aliphatic hydroxyl groups excluding tert-OH is 1. The zero-order chi connectivity index (χ0) is 16.2. The van der Waals surface area contributed by atoms with Crippen LogP contribution in [-0.2, 0) is 0 Å². The molecular formula is C14H20IN5OS2. The van der Waals surface area contributed by atoms with Crippen LogP contribution in [0.4, 0.5) is 5.82 Å². The van der Waals surface area contributed by atoms with Gasteiger partial charge in [0.2, 0.25) is 0 Å². The van der Waals surface area contributed by atoms with Crippen LogP contribution in [0.3, 0.4) is 0 Å². The third kappa shape index (κ3) is 3.89. The summed E-state index contributed by atoms with van der Waals surface area (Å²) in [6, 6.07) is 3.16. The topological polar surface area (TPSA) is 66.2 Å². The van der Waals surface area contributed by atoms with Gasteiger partial charge in [0.05, 0.1) is 5.39 Å². The van der Waals surface area contributed by atoms with Gasteiger partial charge in [-0.25, -0.2) is 9.97 Å². The molecule has 2 aromatic rings. The minimum atomic E-state index is 0.267. The first-order valence-electron chi connectivity index (χ1n) is 7.56. The summed E-state index contributed by atoms with van der Waals surface area (Å²) in [7, 11) is 3.74. The molecule has 0 unspecified atom stereocenters. The Bertz CT molecular complexity index is 649. The molecule has 0 bridgehead atoms. The van der Waals surface area contributed by atoms with Crippen LogP contribution in [0.5, 0.6) is 0 Å². The molecular weight excluding hydrogens is 445 g/mol. The fourth-order valence-corrected chi connectivity index (χ4v) is 4.83. The SMILES string of the molecule is CN(c1ncnc2c1ccn2SI)C1CC(NSCCCO)C1. The number of hydrogen-bond donors (Lipinski definition) is 2. The van der Waals surface area contributed by atoms with Gasteiger partial charge in [0.1, 0.15) is 12.1 Å². The van der Waals surface area contributed by atoms with Crippen LogP contribution in [0.25, 0.3) is 11.0 Å². The van der Waals surface area contributed by atoms with Gasteiger partial charge in [-0.15, -0.1) is 0 Å². The first-order chi connectivity index (χ1) is 11.2. The number of nitrogens with one attached hydrogen (secondary N) is 1. The molecule has 126 valence electrons. The van der Waals surface area contributed by atoms with Crippen LogP contribution in [0, 0.1) is 0 Å². The quantitative estimate of drug-likeness (QED) is 0.353. The molecule has 6 nitrogen and oxygen atoms in total. The largest absolute Gasteiger partial charge is 0.396 e. The van der Waals surface area contributed by atoms with Crippen LogP contribution in [0.1, 0.15) is 19.3 Å². The van der Waals surface area contributed by atoms with E-state index < -0.39 is 0 Å². The highest BCUT2D eigenvalue weighted by Gasteiger charge is 2.33. The number of halogens is 1. The molecule has 3 rings (SSSR count). The van der Waals surface area contributed by atoms with Crippen LogP contribution in [0.2, 0.25) is 0 Å². The second-order valence-corrected chi connectivity index (χ2v) is 8.27. The van der Waals surface area contributed by atoms with E-state index in [1.165, 1.54) is 0 Å². The van der Waals surface area contributed by atoms with E-state index in [1.54, 1.807) is 27.4 Å². The lowest BCUT2D eigenvalue weighted by molar-refractivity contribution is 0.295. The number of fused-ring (bicyclic) bond motifs is 1. The lowest BCUT2D eigenvalue weighted by Gasteiger charge is -2.42. The van der Waals surface area contributed by atoms with Crippen molar-refractivity contribution in [3.05, 3.63) is 18.6 Å². The number of aromatic nitrogens is 3. The van der Waals surface area contributed by atoms with Crippen LogP contribution >= 0.6 is 42.3 Å². The van der Waals surface area contributed by atoms with Gasteiger partial charge in [-0.05, 0) is 25.3 Å². The maximum atomic E-state index is 8.79. The average molecular weight is 465 g/mol. The Morgan fingerprint density at radius 2 is 2.30 bits per heavy atom. The summed E-state index contributed by atoms with van der Waals surface area (Å²) in [6.07, 6.45) is 6.78. The second kappa shape index (κ2) is 8.24. The van der Waals surface area contributed by atoms with E-state index in [2.05, 4.69) is 57.9 Å². The molecule has 1 fully saturated rings. The molecule has 0 aliphatic heterocycles. The fourth-order valence-electron chi connectivity index (χ4n) is 2.74. The van der Waals surface area contributed by atoms with Crippen molar-refractivity contribution >= 4 is 59.1 Å². The van der Waals surface area contributed by atoms with Crippen molar-refractivity contribution < 1.29 is 5.11 Å². The van der Waals surface area contributed by atoms with Crippen LogP contribution < -0.4 is 9.62 Å². The normalized spacial score (nSPS) is 20.7. The van der Waals surface area contributed by atoms with Crippen LogP contribution in [0.15, 0.2) is 18.6 Å². The summed E-state index contributed by atoms with van der Waals surface area (Å²) in [4.78, 5) is 11.2. The highest BCUT2D eigenvalue weighted by atomic mass is 127. The third-order valence-electron chi connectivity index (χ3n) is 4.15. The molecule has 0 radical (unpaired) electrons. The highest BCUT2D eigenvalue weighted by Crippen LogP contribution is 2.33. The molecule has 0 saturated heterocycles. The second-order valence-electron chi connectivity index (χ2n) is 5.62. The molecule has 23 heavy (non-hydrogen) atoms. The Labute approximate surface area is 156 Å². The van der Waals surface area contributed by atoms with E-state index in [0.29, 0.717) is 12.1 Å². The number of nitrogens with zero attached hydrogens (tertiary/aromatic N) is 4. The first kappa shape index (κ1) is 17.6. The summed E-state index contributed by atoms with van der Waals surface area (Å²) in [5, 5.41) is 9.89. The van der Waals surface area contributed by atoms with E-state index in [-0.39, 0.29) is 6.61 Å². The standard InChI is InChI=1S/C14H20IN5OS2/c1-19(11-7-10(8-11)18-22-6-2-5-21)13-12-3-4-20(23-15)14(12)17-9-16-13/h3-4,9-11,18,21H,2,5-8H2,1H3. The van der Waals surface area contributed by atoms with E-state index in [4.69, 9.17) is 5.11 Å². The van der Waals surface area contributed by atoms with Gasteiger partial charge < -0.3 is 10.0 Å². The van der Waals surface area contributed by atoms with E-state index in [9.17, 15) is 0 Å². The minimum absolute atomic E-state index is 0.267. The summed E-state index contributed by atoms with van der Waals surface area (Å²) >= 11 is 3.98. The van der Waals surface area contributed by atoms with Crippen LogP contribution in [-0.4, -0.2) is 50.5 Å². The van der Waals surface area contributed by atoms with E-state index in [0.717, 1.165) is 41.9 Å². The third-order valence-corrected chi connectivity index (χ3v) is 6.86. The molecule has 0 amide bonds. The summed E-state index contributed by atoms with van der Waals surface area (Å²) in [5.41, 5.74) is 0.967. The predicted molar refractivity (Wildman–Crippen MR) is 107 cm³/mol. The Morgan fingerprint density at radius 3 is 3.04 bits per heavy atom. The fraction of sp³-hybridized carbons (Fsp3) is 0.571. The van der Waals surface area contributed by atoms with Crippen molar-refractivity contribution in [2.24, 2.45) is 0 Å². The van der Waals surface area contributed by atoms with Gasteiger partial charge in [0, 0.05) is 68.0 Å². The van der Waals surface area contributed by atoms with Crippen molar-refractivity contribution in [1.29, 1.82) is 0 Å². The van der Waals surface area contributed by atoms with Gasteiger partial charge in [-0.3, -0.25) is 8.69 Å². The van der Waals surface area contributed by atoms with Gasteiger partial charge in [-0.1, -0.05) is 11.9 Å². The summed E-state index contributed by atoms with van der Waals surface area (Å²) in [6.45, 7) is 0.267. The van der Waals surface area contributed by atoms with Crippen molar-refractivity contribution in [3.8, 4) is 0 Å². The van der Waals surface area contributed by atoms with Gasteiger partial charge in [0.15, 0.2) is 5.65 Å². The molecule has 0 atom stereocenters. The minimum Gasteiger partial charge on any atom is -0.396 e. The van der Waals surface area contributed by atoms with Crippen molar-refractivity contribution in [1.82, 2.24) is 18.7 Å². The Kier molecular flexibility index (Phi) is 6.30. The molecule has 2 heterocycles. The number of hydrogen-bond acceptors (Lipinski definition) is 7. The number of anilines is 1. The lowest BCUT2D eigenvalue weighted by Crippen LogP contribution is -2.50. The Morgan fingerprint density at radius 1 is 1.48 bits per heavy atom. The zero-order valence-corrected chi connectivity index (χ0v) is 16.6. The Hall–Kier alpha value is -0.230. The van der Waals surface area contributed by atoms with Gasteiger partial charge in [-0.2, -0.15) is 0 Å². The van der Waals surface area contributed by atoms with Crippen molar-refractivity contribution in [2.45, 2.75) is 31.3 Å². The number of aliphatic hydroxyl groups is 1. The van der Waals surface area contributed by atoms with E-state index in [1.807, 2.05) is 6.20 Å². The average Bonchev–Trinajstić information content (AvgIpc) is 2.95. The zero-order valence-electron chi connectivity index (χ0n) is 12.9. The lowest BCUT2D eigenvalue weighted by atomic mass is 9.86. The molecule has 9 heteroatoms. The maximum absolute atomic E-state index is 8.79. The first-order valence-corrected chi connectivity index (χ1v) is 11.9.